The number of carbonyl (C=O) groups excluding carboxylic acids is 2. The molecular weight excluding hydrogens is 457 g/mol. The second-order valence-electron chi connectivity index (χ2n) is 6.08. The summed E-state index contributed by atoms with van der Waals surface area (Å²) in [6, 6.07) is 16.4. The molecule has 0 fully saturated rings. The lowest BCUT2D eigenvalue weighted by Gasteiger charge is -2.23. The van der Waals surface area contributed by atoms with Crippen LogP contribution in [-0.2, 0) is 25.6 Å². The molecule has 0 radical (unpaired) electrons. The van der Waals surface area contributed by atoms with Crippen LogP contribution in [0.25, 0.3) is 0 Å². The Morgan fingerprint density at radius 2 is 1.57 bits per heavy atom. The first-order chi connectivity index (χ1) is 14.3. The number of hydrogen-bond donors (Lipinski definition) is 2. The van der Waals surface area contributed by atoms with Crippen molar-refractivity contribution in [2.24, 2.45) is 0 Å². The molecule has 30 heavy (non-hydrogen) atoms. The molecule has 2 rings (SSSR count). The average Bonchev–Trinajstić information content (AvgIpc) is 2.73. The number of nitrogens with one attached hydrogen (secondary N) is 1. The standard InChI is InChI=1S/C20H20Cl3NO6/c21-20(22,23)12-28-13-30-18(26)17(25)16(15-9-5-2-6-10-15)24-19(27)29-11-14-7-3-1-4-8-14/h1-10,16-17,25H,11-13H2,(H,24,27)/t16-,17+/m0/s1. The Morgan fingerprint density at radius 1 is 0.967 bits per heavy atom. The van der Waals surface area contributed by atoms with Gasteiger partial charge in [-0.25, -0.2) is 9.59 Å². The van der Waals surface area contributed by atoms with Gasteiger partial charge in [-0.2, -0.15) is 0 Å². The summed E-state index contributed by atoms with van der Waals surface area (Å²) in [5, 5.41) is 12.9. The highest BCUT2D eigenvalue weighted by atomic mass is 35.6. The summed E-state index contributed by atoms with van der Waals surface area (Å²) >= 11 is 16.6. The number of alkyl carbamates (subject to hydrolysis) is 1. The number of ether oxygens (including phenoxy) is 3. The number of amides is 1. The molecule has 2 aromatic rings. The van der Waals surface area contributed by atoms with Crippen molar-refractivity contribution in [1.29, 1.82) is 0 Å². The van der Waals surface area contributed by atoms with Gasteiger partial charge in [0.25, 0.3) is 0 Å². The summed E-state index contributed by atoms with van der Waals surface area (Å²) in [6.07, 6.45) is -2.54. The van der Waals surface area contributed by atoms with E-state index in [0.717, 1.165) is 5.56 Å². The fraction of sp³-hybridized carbons (Fsp3) is 0.300. The molecule has 0 saturated heterocycles. The van der Waals surface area contributed by atoms with Crippen molar-refractivity contribution in [2.45, 2.75) is 22.5 Å². The number of halogens is 3. The van der Waals surface area contributed by atoms with E-state index < -0.39 is 34.8 Å². The number of esters is 1. The van der Waals surface area contributed by atoms with Crippen LogP contribution in [0.5, 0.6) is 0 Å². The van der Waals surface area contributed by atoms with E-state index in [-0.39, 0.29) is 13.2 Å². The zero-order chi connectivity index (χ0) is 22.0. The third-order valence-corrected chi connectivity index (χ3v) is 4.08. The molecule has 2 atom stereocenters. The monoisotopic (exact) mass is 475 g/mol. The van der Waals surface area contributed by atoms with Crippen LogP contribution in [0.3, 0.4) is 0 Å². The maximum absolute atomic E-state index is 12.2. The normalized spacial score (nSPS) is 13.2. The molecule has 0 unspecified atom stereocenters. The Kier molecular flexibility index (Phi) is 9.68. The number of aliphatic hydroxyl groups is 1. The van der Waals surface area contributed by atoms with Crippen molar-refractivity contribution >= 4 is 46.9 Å². The van der Waals surface area contributed by atoms with Crippen LogP contribution in [0.2, 0.25) is 0 Å². The summed E-state index contributed by atoms with van der Waals surface area (Å²) in [4.78, 5) is 24.4. The van der Waals surface area contributed by atoms with Gasteiger partial charge in [0, 0.05) is 0 Å². The van der Waals surface area contributed by atoms with Crippen LogP contribution in [0.1, 0.15) is 17.2 Å². The minimum Gasteiger partial charge on any atom is -0.445 e. The quantitative estimate of drug-likeness (QED) is 0.247. The molecule has 0 aromatic heterocycles. The highest BCUT2D eigenvalue weighted by molar-refractivity contribution is 6.67. The van der Waals surface area contributed by atoms with Gasteiger partial charge in [-0.1, -0.05) is 95.5 Å². The molecule has 2 N–H and O–H groups in total. The van der Waals surface area contributed by atoms with Gasteiger partial charge in [0.2, 0.25) is 3.79 Å². The molecule has 10 heteroatoms. The Morgan fingerprint density at radius 3 is 2.17 bits per heavy atom. The number of hydrogen-bond acceptors (Lipinski definition) is 6. The highest BCUT2D eigenvalue weighted by Crippen LogP contribution is 2.26. The highest BCUT2D eigenvalue weighted by Gasteiger charge is 2.31. The molecule has 2 aromatic carbocycles. The third kappa shape index (κ3) is 8.77. The molecule has 0 spiro atoms. The van der Waals surface area contributed by atoms with E-state index in [2.05, 4.69) is 5.32 Å². The number of carbonyl (C=O) groups is 2. The van der Waals surface area contributed by atoms with E-state index in [4.69, 9.17) is 49.0 Å². The molecule has 0 aliphatic rings. The first kappa shape index (κ1) is 24.2. The predicted octanol–water partition coefficient (Wildman–Crippen LogP) is 3.90. The van der Waals surface area contributed by atoms with Gasteiger partial charge < -0.3 is 24.6 Å². The van der Waals surface area contributed by atoms with E-state index in [1.54, 1.807) is 42.5 Å². The van der Waals surface area contributed by atoms with Crippen molar-refractivity contribution in [3.8, 4) is 0 Å². The summed E-state index contributed by atoms with van der Waals surface area (Å²) < 4.78 is 13.2. The van der Waals surface area contributed by atoms with Gasteiger partial charge in [0.1, 0.15) is 6.61 Å². The second-order valence-corrected chi connectivity index (χ2v) is 8.60. The Balaban J connectivity index is 1.96. The molecule has 0 bridgehead atoms. The van der Waals surface area contributed by atoms with Crippen LogP contribution in [0.15, 0.2) is 60.7 Å². The van der Waals surface area contributed by atoms with Crippen LogP contribution in [0, 0.1) is 0 Å². The second kappa shape index (κ2) is 12.0. The maximum Gasteiger partial charge on any atom is 0.408 e. The zero-order valence-corrected chi connectivity index (χ0v) is 17.9. The topological polar surface area (TPSA) is 94.1 Å². The van der Waals surface area contributed by atoms with Crippen LogP contribution in [-0.4, -0.2) is 40.5 Å². The molecule has 0 saturated carbocycles. The van der Waals surface area contributed by atoms with Gasteiger partial charge in [-0.15, -0.1) is 0 Å². The first-order valence-corrected chi connectivity index (χ1v) is 9.91. The van der Waals surface area contributed by atoms with Crippen LogP contribution < -0.4 is 5.32 Å². The molecule has 0 aliphatic carbocycles. The molecule has 162 valence electrons. The van der Waals surface area contributed by atoms with E-state index in [1.165, 1.54) is 0 Å². The van der Waals surface area contributed by atoms with E-state index in [0.29, 0.717) is 5.56 Å². The lowest BCUT2D eigenvalue weighted by atomic mass is 10.0. The van der Waals surface area contributed by atoms with E-state index in [1.807, 2.05) is 18.2 Å². The fourth-order valence-corrected chi connectivity index (χ4v) is 2.61. The Hall–Kier alpha value is -2.03. The first-order valence-electron chi connectivity index (χ1n) is 8.77. The zero-order valence-electron chi connectivity index (χ0n) is 15.7. The molecule has 0 aliphatic heterocycles. The number of aliphatic hydroxyl groups excluding tert-OH is 1. The predicted molar refractivity (Wildman–Crippen MR) is 112 cm³/mol. The van der Waals surface area contributed by atoms with Gasteiger partial charge in [0.05, 0.1) is 12.6 Å². The van der Waals surface area contributed by atoms with Crippen LogP contribution >= 0.6 is 34.8 Å². The summed E-state index contributed by atoms with van der Waals surface area (Å²) in [6.45, 7) is -0.823. The van der Waals surface area contributed by atoms with Gasteiger partial charge >= 0.3 is 12.1 Å². The van der Waals surface area contributed by atoms with E-state index in [9.17, 15) is 14.7 Å². The van der Waals surface area contributed by atoms with Crippen molar-refractivity contribution < 1.29 is 28.9 Å². The number of rotatable bonds is 9. The van der Waals surface area contributed by atoms with E-state index >= 15 is 0 Å². The lowest BCUT2D eigenvalue weighted by Crippen LogP contribution is -2.41. The SMILES string of the molecule is O=C(N[C@@H](c1ccccc1)[C@@H](O)C(=O)OCOCC(Cl)(Cl)Cl)OCc1ccccc1. The molecule has 7 nitrogen and oxygen atoms in total. The molecule has 0 heterocycles. The smallest absolute Gasteiger partial charge is 0.408 e. The van der Waals surface area contributed by atoms with Gasteiger partial charge in [-0.3, -0.25) is 0 Å². The number of benzene rings is 2. The lowest BCUT2D eigenvalue weighted by molar-refractivity contribution is -0.167. The average molecular weight is 477 g/mol. The van der Waals surface area contributed by atoms with Gasteiger partial charge in [-0.05, 0) is 11.1 Å². The van der Waals surface area contributed by atoms with Gasteiger partial charge in [0.15, 0.2) is 12.9 Å². The third-order valence-electron chi connectivity index (χ3n) is 3.75. The largest absolute Gasteiger partial charge is 0.445 e. The Labute approximate surface area is 188 Å². The van der Waals surface area contributed by atoms with Crippen LogP contribution in [0.4, 0.5) is 4.79 Å². The Bertz CT molecular complexity index is 801. The fourth-order valence-electron chi connectivity index (χ4n) is 2.38. The minimum absolute atomic E-state index is 0.0274. The van der Waals surface area contributed by atoms with Crippen molar-refractivity contribution in [1.82, 2.24) is 5.32 Å². The molecular formula is C20H20Cl3NO6. The maximum atomic E-state index is 12.2. The number of alkyl halides is 3. The summed E-state index contributed by atoms with van der Waals surface area (Å²) in [5.74, 6) is -1.03. The minimum atomic E-state index is -1.73. The summed E-state index contributed by atoms with van der Waals surface area (Å²) in [5.41, 5.74) is 1.26. The van der Waals surface area contributed by atoms with Crippen molar-refractivity contribution in [2.75, 3.05) is 13.4 Å². The van der Waals surface area contributed by atoms with Crippen molar-refractivity contribution in [3.63, 3.8) is 0 Å². The summed E-state index contributed by atoms with van der Waals surface area (Å²) in [7, 11) is 0. The van der Waals surface area contributed by atoms with Crippen molar-refractivity contribution in [3.05, 3.63) is 71.8 Å². The molecule has 1 amide bonds.